The second-order valence-corrected chi connectivity index (χ2v) is 6.98. The van der Waals surface area contributed by atoms with Gasteiger partial charge in [-0.1, -0.05) is 26.2 Å². The Morgan fingerprint density at radius 3 is 2.79 bits per heavy atom. The zero-order valence-corrected chi connectivity index (χ0v) is 12.4. The minimum Gasteiger partial charge on any atom is -0.375 e. The number of nitrogens with zero attached hydrogens (tertiary/aromatic N) is 1. The van der Waals surface area contributed by atoms with Gasteiger partial charge in [-0.3, -0.25) is 4.90 Å². The van der Waals surface area contributed by atoms with Crippen LogP contribution in [0.4, 0.5) is 0 Å². The van der Waals surface area contributed by atoms with E-state index < -0.39 is 0 Å². The fourth-order valence-corrected chi connectivity index (χ4v) is 4.63. The summed E-state index contributed by atoms with van der Waals surface area (Å²) in [5.41, 5.74) is 6.06. The van der Waals surface area contributed by atoms with Crippen molar-refractivity contribution in [1.82, 2.24) is 4.90 Å². The Morgan fingerprint density at radius 2 is 1.95 bits per heavy atom. The van der Waals surface area contributed by atoms with Crippen LogP contribution >= 0.6 is 0 Å². The van der Waals surface area contributed by atoms with Crippen molar-refractivity contribution in [2.45, 2.75) is 70.1 Å². The fraction of sp³-hybridized carbons (Fsp3) is 1.00. The highest BCUT2D eigenvalue weighted by atomic mass is 16.5. The molecule has 1 heterocycles. The number of fused-ring (bicyclic) bond motifs is 1. The normalized spacial score (nSPS) is 44.8. The number of hydrogen-bond donors (Lipinski definition) is 1. The van der Waals surface area contributed by atoms with Crippen LogP contribution in [-0.2, 0) is 4.74 Å². The molecule has 0 aromatic carbocycles. The second kappa shape index (κ2) is 6.11. The smallest absolute Gasteiger partial charge is 0.0731 e. The number of hydrogen-bond acceptors (Lipinski definition) is 3. The highest BCUT2D eigenvalue weighted by Crippen LogP contribution is 2.37. The highest BCUT2D eigenvalue weighted by molar-refractivity contribution is 4.95. The van der Waals surface area contributed by atoms with Gasteiger partial charge in [0.05, 0.1) is 12.7 Å². The fourth-order valence-electron chi connectivity index (χ4n) is 4.63. The van der Waals surface area contributed by atoms with Gasteiger partial charge < -0.3 is 10.5 Å². The third-order valence-corrected chi connectivity index (χ3v) is 5.72. The van der Waals surface area contributed by atoms with Crippen molar-refractivity contribution >= 4 is 0 Å². The summed E-state index contributed by atoms with van der Waals surface area (Å²) in [4.78, 5) is 2.81. The molecule has 2 saturated carbocycles. The lowest BCUT2D eigenvalue weighted by Gasteiger charge is -2.51. The van der Waals surface area contributed by atoms with Crippen LogP contribution in [0.25, 0.3) is 0 Å². The summed E-state index contributed by atoms with van der Waals surface area (Å²) < 4.78 is 6.03. The van der Waals surface area contributed by atoms with Crippen LogP contribution in [0.15, 0.2) is 0 Å². The minimum atomic E-state index is 0.512. The summed E-state index contributed by atoms with van der Waals surface area (Å²) in [6.07, 6.45) is 9.92. The molecule has 0 amide bonds. The third kappa shape index (κ3) is 2.84. The Morgan fingerprint density at radius 1 is 1.11 bits per heavy atom. The van der Waals surface area contributed by atoms with Crippen molar-refractivity contribution < 1.29 is 4.74 Å². The van der Waals surface area contributed by atoms with Gasteiger partial charge in [0.25, 0.3) is 0 Å². The zero-order valence-electron chi connectivity index (χ0n) is 12.4. The van der Waals surface area contributed by atoms with Crippen LogP contribution in [0.2, 0.25) is 0 Å². The number of morpholine rings is 1. The van der Waals surface area contributed by atoms with E-state index in [0.717, 1.165) is 37.6 Å². The Labute approximate surface area is 117 Å². The standard InChI is InChI=1S/C16H30N2O/c1-12-6-7-13(11-17)15(10-12)18-8-9-19-16-5-3-2-4-14(16)18/h12-16H,2-11,17H2,1H3. The molecule has 1 saturated heterocycles. The van der Waals surface area contributed by atoms with Gasteiger partial charge in [-0.15, -0.1) is 0 Å². The van der Waals surface area contributed by atoms with Crippen molar-refractivity contribution in [3.8, 4) is 0 Å². The van der Waals surface area contributed by atoms with Gasteiger partial charge >= 0.3 is 0 Å². The van der Waals surface area contributed by atoms with Crippen LogP contribution < -0.4 is 5.73 Å². The maximum Gasteiger partial charge on any atom is 0.0731 e. The average Bonchev–Trinajstić information content (AvgIpc) is 2.46. The molecule has 110 valence electrons. The zero-order chi connectivity index (χ0) is 13.2. The molecule has 3 fully saturated rings. The van der Waals surface area contributed by atoms with Gasteiger partial charge in [-0.05, 0) is 44.1 Å². The first kappa shape index (κ1) is 13.8. The first-order chi connectivity index (χ1) is 9.29. The monoisotopic (exact) mass is 266 g/mol. The van der Waals surface area contributed by atoms with Crippen LogP contribution in [0.1, 0.15) is 51.9 Å². The lowest BCUT2D eigenvalue weighted by Crippen LogP contribution is -2.59. The molecule has 5 atom stereocenters. The van der Waals surface area contributed by atoms with E-state index in [9.17, 15) is 0 Å². The summed E-state index contributed by atoms with van der Waals surface area (Å²) in [5.74, 6) is 1.59. The summed E-state index contributed by atoms with van der Waals surface area (Å²) in [6, 6.07) is 1.41. The maximum atomic E-state index is 6.06. The lowest BCUT2D eigenvalue weighted by atomic mass is 9.76. The Bertz CT molecular complexity index is 294. The average molecular weight is 266 g/mol. The Kier molecular flexibility index (Phi) is 4.45. The molecule has 0 bridgehead atoms. The van der Waals surface area contributed by atoms with Gasteiger partial charge in [0, 0.05) is 18.6 Å². The summed E-state index contributed by atoms with van der Waals surface area (Å²) in [6.45, 7) is 5.35. The van der Waals surface area contributed by atoms with Gasteiger partial charge in [0.15, 0.2) is 0 Å². The van der Waals surface area contributed by atoms with Gasteiger partial charge in [-0.2, -0.15) is 0 Å². The van der Waals surface area contributed by atoms with E-state index in [1.54, 1.807) is 0 Å². The maximum absolute atomic E-state index is 6.06. The predicted molar refractivity (Wildman–Crippen MR) is 78.0 cm³/mol. The van der Waals surface area contributed by atoms with Gasteiger partial charge in [0.1, 0.15) is 0 Å². The van der Waals surface area contributed by atoms with Gasteiger partial charge in [-0.25, -0.2) is 0 Å². The molecule has 3 heteroatoms. The van der Waals surface area contributed by atoms with Crippen molar-refractivity contribution in [3.63, 3.8) is 0 Å². The predicted octanol–water partition coefficient (Wildman–Crippen LogP) is 2.39. The topological polar surface area (TPSA) is 38.5 Å². The van der Waals surface area contributed by atoms with Crippen molar-refractivity contribution in [2.75, 3.05) is 19.7 Å². The Hall–Kier alpha value is -0.120. The molecule has 3 aliphatic rings. The van der Waals surface area contributed by atoms with Crippen LogP contribution in [0.5, 0.6) is 0 Å². The molecule has 0 radical (unpaired) electrons. The Balaban J connectivity index is 1.74. The second-order valence-electron chi connectivity index (χ2n) is 6.98. The molecule has 3 nitrogen and oxygen atoms in total. The van der Waals surface area contributed by atoms with Crippen LogP contribution in [0, 0.1) is 11.8 Å². The molecule has 19 heavy (non-hydrogen) atoms. The third-order valence-electron chi connectivity index (χ3n) is 5.72. The van der Waals surface area contributed by atoms with E-state index >= 15 is 0 Å². The molecular weight excluding hydrogens is 236 g/mol. The summed E-state index contributed by atoms with van der Waals surface area (Å²) >= 11 is 0. The quantitative estimate of drug-likeness (QED) is 0.834. The molecule has 2 aliphatic carbocycles. The molecule has 2 N–H and O–H groups in total. The van der Waals surface area contributed by atoms with E-state index in [1.165, 1.54) is 44.9 Å². The summed E-state index contributed by atoms with van der Waals surface area (Å²) in [7, 11) is 0. The first-order valence-electron chi connectivity index (χ1n) is 8.37. The molecular formula is C16H30N2O. The van der Waals surface area contributed by atoms with Crippen molar-refractivity contribution in [3.05, 3.63) is 0 Å². The molecule has 0 aromatic rings. The van der Waals surface area contributed by atoms with E-state index in [-0.39, 0.29) is 0 Å². The number of ether oxygens (including phenoxy) is 1. The molecule has 1 aliphatic heterocycles. The van der Waals surface area contributed by atoms with Crippen molar-refractivity contribution in [1.29, 1.82) is 0 Å². The minimum absolute atomic E-state index is 0.512. The highest BCUT2D eigenvalue weighted by Gasteiger charge is 2.41. The molecule has 0 spiro atoms. The molecule has 3 rings (SSSR count). The van der Waals surface area contributed by atoms with Crippen LogP contribution in [0.3, 0.4) is 0 Å². The van der Waals surface area contributed by atoms with E-state index in [4.69, 9.17) is 10.5 Å². The van der Waals surface area contributed by atoms with E-state index in [0.29, 0.717) is 12.1 Å². The number of nitrogens with two attached hydrogens (primary N) is 1. The van der Waals surface area contributed by atoms with E-state index in [1.807, 2.05) is 0 Å². The SMILES string of the molecule is CC1CCC(CN)C(N2CCOC3CCCCC32)C1. The van der Waals surface area contributed by atoms with Crippen LogP contribution in [-0.4, -0.2) is 42.8 Å². The molecule has 0 aromatic heterocycles. The first-order valence-corrected chi connectivity index (χ1v) is 8.37. The van der Waals surface area contributed by atoms with Crippen molar-refractivity contribution in [2.24, 2.45) is 17.6 Å². The van der Waals surface area contributed by atoms with E-state index in [2.05, 4.69) is 11.8 Å². The number of rotatable bonds is 2. The largest absolute Gasteiger partial charge is 0.375 e. The summed E-state index contributed by atoms with van der Waals surface area (Å²) in [5, 5.41) is 0. The molecule has 5 unspecified atom stereocenters. The lowest BCUT2D eigenvalue weighted by molar-refractivity contribution is -0.116. The van der Waals surface area contributed by atoms with Gasteiger partial charge in [0.2, 0.25) is 0 Å².